The molecule has 1 atom stereocenters. The fourth-order valence-corrected chi connectivity index (χ4v) is 3.13. The van der Waals surface area contributed by atoms with E-state index >= 15 is 0 Å². The van der Waals surface area contributed by atoms with Crippen LogP contribution in [0.3, 0.4) is 0 Å². The molecule has 0 radical (unpaired) electrons. The molecule has 0 saturated heterocycles. The number of sulfone groups is 1. The van der Waals surface area contributed by atoms with Crippen LogP contribution >= 0.6 is 15.9 Å². The van der Waals surface area contributed by atoms with Gasteiger partial charge in [0.25, 0.3) is 0 Å². The molecule has 3 nitrogen and oxygen atoms in total. The number of nitrogens with one attached hydrogen (secondary N) is 1. The fourth-order valence-electron chi connectivity index (χ4n) is 1.15. The summed E-state index contributed by atoms with van der Waals surface area (Å²) < 4.78 is 23.0. The first-order valence-corrected chi connectivity index (χ1v) is 8.41. The Morgan fingerprint density at radius 1 is 1.25 bits per heavy atom. The zero-order valence-corrected chi connectivity index (χ0v) is 13.3. The largest absolute Gasteiger partial charge is 0.312 e. The van der Waals surface area contributed by atoms with Gasteiger partial charge in [-0.3, -0.25) is 0 Å². The molecule has 0 aromatic carbocycles. The average Bonchev–Trinajstić information content (AvgIpc) is 2.09. The van der Waals surface area contributed by atoms with E-state index in [2.05, 4.69) is 35.1 Å². The number of halogens is 1. The lowest BCUT2D eigenvalue weighted by molar-refractivity contribution is 0.444. The van der Waals surface area contributed by atoms with E-state index in [4.69, 9.17) is 0 Å². The Morgan fingerprint density at radius 3 is 2.06 bits per heavy atom. The molecule has 0 aromatic rings. The van der Waals surface area contributed by atoms with E-state index in [9.17, 15) is 8.42 Å². The van der Waals surface area contributed by atoms with Gasteiger partial charge in [0.05, 0.1) is 10.5 Å². The van der Waals surface area contributed by atoms with Crippen molar-refractivity contribution in [1.82, 2.24) is 5.32 Å². The minimum atomic E-state index is -3.01. The molecular formula is C11H24BrNO2S. The summed E-state index contributed by atoms with van der Waals surface area (Å²) in [6.45, 7) is 9.99. The van der Waals surface area contributed by atoms with Gasteiger partial charge in [0.1, 0.15) is 0 Å². The second-order valence-electron chi connectivity index (χ2n) is 5.39. The number of hydrogen-bond acceptors (Lipinski definition) is 3. The summed E-state index contributed by atoms with van der Waals surface area (Å²) in [5.41, 5.74) is 0. The Bertz CT molecular complexity index is 294. The molecule has 0 aliphatic rings. The van der Waals surface area contributed by atoms with Crippen LogP contribution in [0.15, 0.2) is 0 Å². The molecule has 1 N–H and O–H groups in total. The lowest BCUT2D eigenvalue weighted by atomic mass is 10.1. The Kier molecular flexibility index (Phi) is 6.51. The molecule has 16 heavy (non-hydrogen) atoms. The van der Waals surface area contributed by atoms with E-state index in [1.54, 1.807) is 20.8 Å². The number of alkyl halides is 1. The van der Waals surface area contributed by atoms with Crippen molar-refractivity contribution in [2.75, 3.05) is 17.6 Å². The van der Waals surface area contributed by atoms with E-state index in [1.165, 1.54) is 0 Å². The summed E-state index contributed by atoms with van der Waals surface area (Å²) >= 11 is 3.42. The average molecular weight is 314 g/mol. The molecule has 0 aliphatic heterocycles. The minimum absolute atomic E-state index is 0.201. The first kappa shape index (κ1) is 16.4. The van der Waals surface area contributed by atoms with Crippen LogP contribution in [0, 0.1) is 5.92 Å². The third-order valence-electron chi connectivity index (χ3n) is 2.68. The van der Waals surface area contributed by atoms with E-state index in [0.29, 0.717) is 18.5 Å². The summed E-state index contributed by atoms with van der Waals surface area (Å²) in [5.74, 6) is 0.698. The summed E-state index contributed by atoms with van der Waals surface area (Å²) in [7, 11) is -3.01. The first-order chi connectivity index (χ1) is 7.12. The maximum absolute atomic E-state index is 11.8. The van der Waals surface area contributed by atoms with Crippen molar-refractivity contribution < 1.29 is 8.42 Å². The molecule has 0 aliphatic carbocycles. The van der Waals surface area contributed by atoms with Crippen molar-refractivity contribution in [3.8, 4) is 0 Å². The normalized spacial score (nSPS) is 15.4. The predicted molar refractivity (Wildman–Crippen MR) is 74.0 cm³/mol. The molecule has 1 unspecified atom stereocenters. The van der Waals surface area contributed by atoms with Gasteiger partial charge in [-0.25, -0.2) is 8.42 Å². The van der Waals surface area contributed by atoms with Crippen LogP contribution in [-0.4, -0.2) is 36.8 Å². The molecule has 0 rings (SSSR count). The van der Waals surface area contributed by atoms with Crippen molar-refractivity contribution in [2.45, 2.75) is 45.4 Å². The standard InChI is InChI=1S/C11H24BrNO2S/c1-9(2)10(8-12)13-6-7-16(14,15)11(3,4)5/h9-10,13H,6-8H2,1-5H3. The van der Waals surface area contributed by atoms with Gasteiger partial charge in [-0.05, 0) is 26.7 Å². The van der Waals surface area contributed by atoms with Gasteiger partial charge in [-0.15, -0.1) is 0 Å². The Labute approximate surface area is 108 Å². The van der Waals surface area contributed by atoms with Crippen LogP contribution in [0.2, 0.25) is 0 Å². The van der Waals surface area contributed by atoms with Crippen LogP contribution in [0.4, 0.5) is 0 Å². The first-order valence-electron chi connectivity index (χ1n) is 5.63. The van der Waals surface area contributed by atoms with E-state index in [1.807, 2.05) is 0 Å². The minimum Gasteiger partial charge on any atom is -0.312 e. The van der Waals surface area contributed by atoms with Crippen molar-refractivity contribution in [3.63, 3.8) is 0 Å². The van der Waals surface area contributed by atoms with E-state index < -0.39 is 14.6 Å². The third kappa shape index (κ3) is 5.15. The van der Waals surface area contributed by atoms with Gasteiger partial charge in [-0.1, -0.05) is 29.8 Å². The fraction of sp³-hybridized carbons (Fsp3) is 1.00. The van der Waals surface area contributed by atoms with Crippen molar-refractivity contribution in [1.29, 1.82) is 0 Å². The van der Waals surface area contributed by atoms with Crippen LogP contribution in [0.5, 0.6) is 0 Å². The highest BCUT2D eigenvalue weighted by Crippen LogP contribution is 2.15. The molecular weight excluding hydrogens is 290 g/mol. The van der Waals surface area contributed by atoms with Crippen molar-refractivity contribution >= 4 is 25.8 Å². The molecule has 5 heteroatoms. The highest BCUT2D eigenvalue weighted by molar-refractivity contribution is 9.09. The molecule has 0 saturated carbocycles. The molecule has 0 fully saturated rings. The van der Waals surface area contributed by atoms with Crippen molar-refractivity contribution in [2.24, 2.45) is 5.92 Å². The molecule has 0 aromatic heterocycles. The molecule has 0 bridgehead atoms. The lowest BCUT2D eigenvalue weighted by Crippen LogP contribution is -2.41. The zero-order chi connectivity index (χ0) is 13.0. The topological polar surface area (TPSA) is 46.2 Å². The maximum atomic E-state index is 11.8. The van der Waals surface area contributed by atoms with Crippen LogP contribution in [0.1, 0.15) is 34.6 Å². The van der Waals surface area contributed by atoms with E-state index in [-0.39, 0.29) is 5.75 Å². The van der Waals surface area contributed by atoms with Gasteiger partial charge >= 0.3 is 0 Å². The molecule has 0 spiro atoms. The Balaban J connectivity index is 4.18. The molecule has 0 amide bonds. The van der Waals surface area contributed by atoms with Gasteiger partial charge < -0.3 is 5.32 Å². The molecule has 0 heterocycles. The van der Waals surface area contributed by atoms with Gasteiger partial charge in [-0.2, -0.15) is 0 Å². The summed E-state index contributed by atoms with van der Waals surface area (Å²) in [6.07, 6.45) is 0. The second-order valence-corrected chi connectivity index (χ2v) is 8.90. The predicted octanol–water partition coefficient (Wildman–Crippen LogP) is 2.21. The highest BCUT2D eigenvalue weighted by atomic mass is 79.9. The smallest absolute Gasteiger partial charge is 0.156 e. The quantitative estimate of drug-likeness (QED) is 0.765. The second kappa shape index (κ2) is 6.36. The Hall–Kier alpha value is 0.390. The monoisotopic (exact) mass is 313 g/mol. The Morgan fingerprint density at radius 2 is 1.75 bits per heavy atom. The van der Waals surface area contributed by atoms with Gasteiger partial charge in [0.2, 0.25) is 0 Å². The van der Waals surface area contributed by atoms with Gasteiger partial charge in [0.15, 0.2) is 9.84 Å². The summed E-state index contributed by atoms with van der Waals surface area (Å²) in [4.78, 5) is 0. The third-order valence-corrected chi connectivity index (χ3v) is 5.99. The van der Waals surface area contributed by atoms with Crippen LogP contribution < -0.4 is 5.32 Å². The number of hydrogen-bond donors (Lipinski definition) is 1. The zero-order valence-electron chi connectivity index (χ0n) is 10.9. The van der Waals surface area contributed by atoms with Crippen molar-refractivity contribution in [3.05, 3.63) is 0 Å². The maximum Gasteiger partial charge on any atom is 0.156 e. The van der Waals surface area contributed by atoms with Crippen LogP contribution in [-0.2, 0) is 9.84 Å². The summed E-state index contributed by atoms with van der Waals surface area (Å²) in [5, 5.41) is 4.12. The summed E-state index contributed by atoms with van der Waals surface area (Å²) in [6, 6.07) is 0.329. The lowest BCUT2D eigenvalue weighted by Gasteiger charge is -2.22. The number of rotatable bonds is 6. The van der Waals surface area contributed by atoms with E-state index in [0.717, 1.165) is 5.33 Å². The molecule has 98 valence electrons. The van der Waals surface area contributed by atoms with Crippen LogP contribution in [0.25, 0.3) is 0 Å². The highest BCUT2D eigenvalue weighted by Gasteiger charge is 2.28. The van der Waals surface area contributed by atoms with Gasteiger partial charge in [0, 0.05) is 17.9 Å². The SMILES string of the molecule is CC(C)C(CBr)NCCS(=O)(=O)C(C)(C)C.